The van der Waals surface area contributed by atoms with Crippen molar-refractivity contribution in [3.05, 3.63) is 69.7 Å². The van der Waals surface area contributed by atoms with E-state index in [-0.39, 0.29) is 5.91 Å². The number of carbonyl (C=O) groups excluding carboxylic acids is 1. The van der Waals surface area contributed by atoms with Crippen LogP contribution in [-0.4, -0.2) is 15.5 Å². The van der Waals surface area contributed by atoms with Crippen LogP contribution in [0.4, 0.5) is 5.69 Å². The number of carbonyl (C=O) groups is 1. The molecule has 0 aliphatic carbocycles. The maximum atomic E-state index is 12.6. The van der Waals surface area contributed by atoms with E-state index in [0.29, 0.717) is 22.4 Å². The van der Waals surface area contributed by atoms with Crippen LogP contribution in [0.1, 0.15) is 16.1 Å². The first-order valence-electron chi connectivity index (χ1n) is 7.95. The van der Waals surface area contributed by atoms with Gasteiger partial charge in [0, 0.05) is 41.0 Å². The normalized spacial score (nSPS) is 11.0. The van der Waals surface area contributed by atoms with E-state index in [0.717, 1.165) is 16.3 Å². The predicted molar refractivity (Wildman–Crippen MR) is 102 cm³/mol. The van der Waals surface area contributed by atoms with Crippen LogP contribution in [0.2, 0.25) is 0 Å². The molecule has 0 atom stereocenters. The Morgan fingerprint density at radius 2 is 2.08 bits per heavy atom. The standard InChI is InChI=1S/C19H15N3O3S/c1-11-10-26-18(20-11)13-5-3-4-12(8-13)17(23)21-14-6-7-15-16(9-14)25-19(24)22(15)2/h3-10H,1-2H3,(H,21,23). The maximum absolute atomic E-state index is 12.6. The second-order valence-corrected chi connectivity index (χ2v) is 6.80. The lowest BCUT2D eigenvalue weighted by Gasteiger charge is -2.06. The van der Waals surface area contributed by atoms with Gasteiger partial charge in [0.25, 0.3) is 5.91 Å². The number of benzene rings is 2. The van der Waals surface area contributed by atoms with Crippen LogP contribution >= 0.6 is 11.3 Å². The van der Waals surface area contributed by atoms with Gasteiger partial charge in [0.15, 0.2) is 5.58 Å². The van der Waals surface area contributed by atoms with Gasteiger partial charge in [0.05, 0.1) is 5.52 Å². The first-order chi connectivity index (χ1) is 12.5. The lowest BCUT2D eigenvalue weighted by molar-refractivity contribution is 0.102. The Morgan fingerprint density at radius 3 is 2.85 bits per heavy atom. The van der Waals surface area contributed by atoms with Gasteiger partial charge < -0.3 is 9.73 Å². The summed E-state index contributed by atoms with van der Waals surface area (Å²) in [6, 6.07) is 12.5. The highest BCUT2D eigenvalue weighted by atomic mass is 32.1. The van der Waals surface area contributed by atoms with E-state index in [1.807, 2.05) is 30.5 Å². The van der Waals surface area contributed by atoms with Crippen molar-refractivity contribution in [2.75, 3.05) is 5.32 Å². The zero-order valence-electron chi connectivity index (χ0n) is 14.1. The minimum atomic E-state index is -0.435. The Hall–Kier alpha value is -3.19. The topological polar surface area (TPSA) is 77.1 Å². The van der Waals surface area contributed by atoms with Gasteiger partial charge in [0.1, 0.15) is 5.01 Å². The summed E-state index contributed by atoms with van der Waals surface area (Å²) in [5.74, 6) is -0.673. The van der Waals surface area contributed by atoms with Crippen molar-refractivity contribution in [3.63, 3.8) is 0 Å². The van der Waals surface area contributed by atoms with Gasteiger partial charge in [-0.1, -0.05) is 12.1 Å². The van der Waals surface area contributed by atoms with E-state index in [4.69, 9.17) is 4.42 Å². The first kappa shape index (κ1) is 16.3. The largest absolute Gasteiger partial charge is 0.419 e. The summed E-state index contributed by atoms with van der Waals surface area (Å²) in [6.07, 6.45) is 0. The highest BCUT2D eigenvalue weighted by molar-refractivity contribution is 7.13. The number of rotatable bonds is 3. The van der Waals surface area contributed by atoms with Gasteiger partial charge in [-0.15, -0.1) is 11.3 Å². The van der Waals surface area contributed by atoms with Crippen LogP contribution in [-0.2, 0) is 7.05 Å². The molecule has 2 aromatic carbocycles. The van der Waals surface area contributed by atoms with Crippen molar-refractivity contribution < 1.29 is 9.21 Å². The molecule has 0 saturated carbocycles. The summed E-state index contributed by atoms with van der Waals surface area (Å²) in [4.78, 5) is 28.6. The molecular weight excluding hydrogens is 350 g/mol. The number of fused-ring (bicyclic) bond motifs is 1. The quantitative estimate of drug-likeness (QED) is 0.599. The third kappa shape index (κ3) is 2.93. The predicted octanol–water partition coefficient (Wildman–Crippen LogP) is 3.82. The minimum Gasteiger partial charge on any atom is -0.408 e. The average molecular weight is 365 g/mol. The average Bonchev–Trinajstić information content (AvgIpc) is 3.19. The summed E-state index contributed by atoms with van der Waals surface area (Å²) < 4.78 is 6.57. The summed E-state index contributed by atoms with van der Waals surface area (Å²) in [5.41, 5.74) is 4.06. The Bertz CT molecular complexity index is 1190. The number of nitrogens with one attached hydrogen (secondary N) is 1. The number of nitrogens with zero attached hydrogens (tertiary/aromatic N) is 2. The number of hydrogen-bond donors (Lipinski definition) is 1. The number of anilines is 1. The first-order valence-corrected chi connectivity index (χ1v) is 8.83. The molecule has 0 aliphatic heterocycles. The van der Waals surface area contributed by atoms with E-state index >= 15 is 0 Å². The Balaban J connectivity index is 1.61. The van der Waals surface area contributed by atoms with Gasteiger partial charge in [0.2, 0.25) is 0 Å². The minimum absolute atomic E-state index is 0.238. The number of oxazole rings is 1. The number of aromatic nitrogens is 2. The monoisotopic (exact) mass is 365 g/mol. The third-order valence-corrected chi connectivity index (χ3v) is 5.05. The molecule has 0 saturated heterocycles. The van der Waals surface area contributed by atoms with Crippen molar-refractivity contribution in [2.24, 2.45) is 7.05 Å². The molecule has 6 nitrogen and oxygen atoms in total. The fourth-order valence-electron chi connectivity index (χ4n) is 2.69. The molecular formula is C19H15N3O3S. The second-order valence-electron chi connectivity index (χ2n) is 5.94. The summed E-state index contributed by atoms with van der Waals surface area (Å²) in [5, 5.41) is 5.69. The molecule has 2 heterocycles. The third-order valence-electron chi connectivity index (χ3n) is 4.04. The van der Waals surface area contributed by atoms with E-state index in [1.54, 1.807) is 42.6 Å². The fourth-order valence-corrected chi connectivity index (χ4v) is 3.49. The fraction of sp³-hybridized carbons (Fsp3) is 0.105. The Kier molecular flexibility index (Phi) is 3.93. The van der Waals surface area contributed by atoms with Crippen molar-refractivity contribution in [1.29, 1.82) is 0 Å². The molecule has 4 aromatic rings. The van der Waals surface area contributed by atoms with Crippen molar-refractivity contribution in [3.8, 4) is 10.6 Å². The molecule has 0 aliphatic rings. The van der Waals surface area contributed by atoms with Crippen LogP contribution in [0, 0.1) is 6.92 Å². The molecule has 1 amide bonds. The zero-order valence-corrected chi connectivity index (χ0v) is 15.0. The van der Waals surface area contributed by atoms with Crippen molar-refractivity contribution in [1.82, 2.24) is 9.55 Å². The molecule has 0 radical (unpaired) electrons. The van der Waals surface area contributed by atoms with Crippen LogP contribution in [0.15, 0.2) is 57.1 Å². The van der Waals surface area contributed by atoms with Crippen LogP contribution in [0.3, 0.4) is 0 Å². The summed E-state index contributed by atoms with van der Waals surface area (Å²) in [6.45, 7) is 1.94. The molecule has 4 rings (SSSR count). The van der Waals surface area contributed by atoms with E-state index in [1.165, 1.54) is 4.57 Å². The summed E-state index contributed by atoms with van der Waals surface area (Å²) in [7, 11) is 1.64. The molecule has 0 spiro atoms. The number of amides is 1. The van der Waals surface area contributed by atoms with Gasteiger partial charge in [-0.2, -0.15) is 0 Å². The molecule has 0 fully saturated rings. The molecule has 7 heteroatoms. The molecule has 130 valence electrons. The lowest BCUT2D eigenvalue weighted by atomic mass is 10.1. The number of aryl methyl sites for hydroxylation is 2. The lowest BCUT2D eigenvalue weighted by Crippen LogP contribution is -2.11. The Morgan fingerprint density at radius 1 is 1.23 bits per heavy atom. The van der Waals surface area contributed by atoms with Crippen molar-refractivity contribution in [2.45, 2.75) is 6.92 Å². The highest BCUT2D eigenvalue weighted by Crippen LogP contribution is 2.25. The number of hydrogen-bond acceptors (Lipinski definition) is 5. The molecule has 2 aromatic heterocycles. The van der Waals surface area contributed by atoms with E-state index < -0.39 is 5.76 Å². The van der Waals surface area contributed by atoms with Gasteiger partial charge in [-0.05, 0) is 31.2 Å². The van der Waals surface area contributed by atoms with Gasteiger partial charge >= 0.3 is 5.76 Å². The van der Waals surface area contributed by atoms with Crippen LogP contribution in [0.25, 0.3) is 21.7 Å². The zero-order chi connectivity index (χ0) is 18.3. The molecule has 0 bridgehead atoms. The van der Waals surface area contributed by atoms with Crippen molar-refractivity contribution >= 4 is 34.0 Å². The summed E-state index contributed by atoms with van der Waals surface area (Å²) >= 11 is 1.54. The second kappa shape index (κ2) is 6.27. The smallest absolute Gasteiger partial charge is 0.408 e. The van der Waals surface area contributed by atoms with Gasteiger partial charge in [-0.25, -0.2) is 9.78 Å². The SMILES string of the molecule is Cc1csc(-c2cccc(C(=O)Nc3ccc4c(c3)oc(=O)n4C)c2)n1. The number of thiazole rings is 1. The van der Waals surface area contributed by atoms with E-state index in [2.05, 4.69) is 10.3 Å². The maximum Gasteiger partial charge on any atom is 0.419 e. The molecule has 0 unspecified atom stereocenters. The molecule has 1 N–H and O–H groups in total. The van der Waals surface area contributed by atoms with E-state index in [9.17, 15) is 9.59 Å². The van der Waals surface area contributed by atoms with Gasteiger partial charge in [-0.3, -0.25) is 9.36 Å². The van der Waals surface area contributed by atoms with Crippen LogP contribution < -0.4 is 11.1 Å². The van der Waals surface area contributed by atoms with Crippen LogP contribution in [0.5, 0.6) is 0 Å². The Labute approximate surface area is 152 Å². The highest BCUT2D eigenvalue weighted by Gasteiger charge is 2.11. The molecule has 26 heavy (non-hydrogen) atoms.